The number of nitrogens with two attached hydrogens (primary N) is 1. The van der Waals surface area contributed by atoms with Gasteiger partial charge in [0.2, 0.25) is 5.91 Å². The first-order valence-corrected chi connectivity index (χ1v) is 8.73. The van der Waals surface area contributed by atoms with Crippen LogP contribution in [0, 0.1) is 17.8 Å². The van der Waals surface area contributed by atoms with Crippen molar-refractivity contribution in [2.75, 3.05) is 0 Å². The minimum atomic E-state index is 0. The van der Waals surface area contributed by atoms with E-state index in [0.29, 0.717) is 24.2 Å². The Hall–Kier alpha value is -0.770. The molecule has 0 heterocycles. The Kier molecular flexibility index (Phi) is 6.35. The third kappa shape index (κ3) is 4.62. The lowest BCUT2D eigenvalue weighted by Crippen LogP contribution is -2.34. The SMILES string of the molecule is CC1CC1C(NC(=O)C[C@@H]1CCC[C@H]1N)c1ccc(Cl)cc1.Cl. The van der Waals surface area contributed by atoms with Gasteiger partial charge in [0.1, 0.15) is 0 Å². The van der Waals surface area contributed by atoms with E-state index >= 15 is 0 Å². The van der Waals surface area contributed by atoms with Crippen molar-refractivity contribution in [3.05, 3.63) is 34.9 Å². The summed E-state index contributed by atoms with van der Waals surface area (Å²) in [7, 11) is 0. The van der Waals surface area contributed by atoms with E-state index in [1.807, 2.05) is 24.3 Å². The normalized spacial score (nSPS) is 30.4. The summed E-state index contributed by atoms with van der Waals surface area (Å²) >= 11 is 5.97. The molecule has 3 nitrogen and oxygen atoms in total. The van der Waals surface area contributed by atoms with Crippen LogP contribution in [-0.4, -0.2) is 11.9 Å². The molecule has 23 heavy (non-hydrogen) atoms. The minimum absolute atomic E-state index is 0. The number of hydrogen-bond acceptors (Lipinski definition) is 2. The van der Waals surface area contributed by atoms with Gasteiger partial charge in [-0.25, -0.2) is 0 Å². The predicted octanol–water partition coefficient (Wildman–Crippen LogP) is 4.09. The Morgan fingerprint density at radius 3 is 2.52 bits per heavy atom. The van der Waals surface area contributed by atoms with Crippen molar-refractivity contribution in [3.8, 4) is 0 Å². The molecule has 2 aliphatic carbocycles. The van der Waals surface area contributed by atoms with Gasteiger partial charge in [-0.05, 0) is 54.7 Å². The first-order valence-electron chi connectivity index (χ1n) is 8.35. The highest BCUT2D eigenvalue weighted by molar-refractivity contribution is 6.30. The molecule has 0 aliphatic heterocycles. The zero-order chi connectivity index (χ0) is 15.7. The fraction of sp³-hybridized carbons (Fsp3) is 0.611. The van der Waals surface area contributed by atoms with Gasteiger partial charge in [0.15, 0.2) is 0 Å². The lowest BCUT2D eigenvalue weighted by atomic mass is 9.97. The van der Waals surface area contributed by atoms with E-state index in [-0.39, 0.29) is 30.4 Å². The molecule has 1 aromatic rings. The van der Waals surface area contributed by atoms with Gasteiger partial charge in [0, 0.05) is 17.5 Å². The molecule has 0 bridgehead atoms. The maximum Gasteiger partial charge on any atom is 0.220 e. The van der Waals surface area contributed by atoms with Crippen molar-refractivity contribution >= 4 is 29.9 Å². The lowest BCUT2D eigenvalue weighted by Gasteiger charge is -2.22. The molecule has 5 heteroatoms. The second-order valence-corrected chi connectivity index (χ2v) is 7.47. The molecule has 2 fully saturated rings. The van der Waals surface area contributed by atoms with Gasteiger partial charge >= 0.3 is 0 Å². The van der Waals surface area contributed by atoms with E-state index in [9.17, 15) is 4.79 Å². The Balaban J connectivity index is 0.00000192. The van der Waals surface area contributed by atoms with Crippen LogP contribution in [0.25, 0.3) is 0 Å². The van der Waals surface area contributed by atoms with E-state index in [4.69, 9.17) is 17.3 Å². The van der Waals surface area contributed by atoms with E-state index in [0.717, 1.165) is 29.8 Å². The van der Waals surface area contributed by atoms with Gasteiger partial charge < -0.3 is 11.1 Å². The average Bonchev–Trinajstić information content (AvgIpc) is 3.08. The molecule has 2 aliphatic rings. The smallest absolute Gasteiger partial charge is 0.220 e. The van der Waals surface area contributed by atoms with Crippen molar-refractivity contribution in [2.24, 2.45) is 23.5 Å². The fourth-order valence-electron chi connectivity index (χ4n) is 3.71. The zero-order valence-electron chi connectivity index (χ0n) is 13.5. The molecule has 3 rings (SSSR count). The van der Waals surface area contributed by atoms with Crippen LogP contribution in [0.3, 0.4) is 0 Å². The van der Waals surface area contributed by atoms with Crippen molar-refractivity contribution < 1.29 is 4.79 Å². The Bertz CT molecular complexity index is 534. The van der Waals surface area contributed by atoms with Crippen LogP contribution >= 0.6 is 24.0 Å². The van der Waals surface area contributed by atoms with Crippen LogP contribution in [0.4, 0.5) is 0 Å². The maximum absolute atomic E-state index is 12.4. The molecule has 1 aromatic carbocycles. The van der Waals surface area contributed by atoms with Crippen LogP contribution in [-0.2, 0) is 4.79 Å². The molecule has 0 spiro atoms. The molecule has 0 radical (unpaired) electrons. The van der Waals surface area contributed by atoms with Gasteiger partial charge in [0.25, 0.3) is 0 Å². The van der Waals surface area contributed by atoms with E-state index in [1.165, 1.54) is 6.42 Å². The maximum atomic E-state index is 12.4. The Labute approximate surface area is 149 Å². The zero-order valence-corrected chi connectivity index (χ0v) is 15.1. The minimum Gasteiger partial charge on any atom is -0.349 e. The number of hydrogen-bond donors (Lipinski definition) is 2. The van der Waals surface area contributed by atoms with Crippen LogP contribution in [0.5, 0.6) is 0 Å². The molecule has 3 N–H and O–H groups in total. The summed E-state index contributed by atoms with van der Waals surface area (Å²) in [6.07, 6.45) is 5.03. The van der Waals surface area contributed by atoms with Crippen LogP contribution in [0.2, 0.25) is 5.02 Å². The van der Waals surface area contributed by atoms with Gasteiger partial charge in [-0.3, -0.25) is 4.79 Å². The quantitative estimate of drug-likeness (QED) is 0.834. The number of nitrogens with one attached hydrogen (secondary N) is 1. The summed E-state index contributed by atoms with van der Waals surface area (Å²) in [5.41, 5.74) is 7.24. The number of carbonyl (C=O) groups excluding carboxylic acids is 1. The van der Waals surface area contributed by atoms with E-state index in [1.54, 1.807) is 0 Å². The third-order valence-corrected chi connectivity index (χ3v) is 5.56. The van der Waals surface area contributed by atoms with Crippen molar-refractivity contribution in [3.63, 3.8) is 0 Å². The molecule has 0 saturated heterocycles. The molecular formula is C18H26Cl2N2O. The third-order valence-electron chi connectivity index (χ3n) is 5.31. The first kappa shape index (κ1) is 18.6. The van der Waals surface area contributed by atoms with Gasteiger partial charge in [-0.2, -0.15) is 0 Å². The summed E-state index contributed by atoms with van der Waals surface area (Å²) in [6, 6.07) is 8.16. The Morgan fingerprint density at radius 1 is 1.35 bits per heavy atom. The molecule has 2 saturated carbocycles. The van der Waals surface area contributed by atoms with Crippen LogP contribution < -0.4 is 11.1 Å². The lowest BCUT2D eigenvalue weighted by molar-refractivity contribution is -0.123. The largest absolute Gasteiger partial charge is 0.349 e. The topological polar surface area (TPSA) is 55.1 Å². The number of amides is 1. The summed E-state index contributed by atoms with van der Waals surface area (Å²) in [5.74, 6) is 1.71. The highest BCUT2D eigenvalue weighted by Gasteiger charge is 2.41. The average molecular weight is 357 g/mol. The monoisotopic (exact) mass is 356 g/mol. The molecule has 1 amide bonds. The molecular weight excluding hydrogens is 331 g/mol. The highest BCUT2D eigenvalue weighted by atomic mass is 35.5. The van der Waals surface area contributed by atoms with Crippen LogP contribution in [0.15, 0.2) is 24.3 Å². The van der Waals surface area contributed by atoms with Crippen molar-refractivity contribution in [1.82, 2.24) is 5.32 Å². The number of benzene rings is 1. The predicted molar refractivity (Wildman–Crippen MR) is 96.8 cm³/mol. The van der Waals surface area contributed by atoms with Crippen LogP contribution in [0.1, 0.15) is 50.6 Å². The fourth-order valence-corrected chi connectivity index (χ4v) is 3.84. The molecule has 128 valence electrons. The second kappa shape index (κ2) is 7.87. The van der Waals surface area contributed by atoms with Gasteiger partial charge in [-0.15, -0.1) is 12.4 Å². The number of halogens is 2. The van der Waals surface area contributed by atoms with Crippen molar-refractivity contribution in [2.45, 2.75) is 51.1 Å². The van der Waals surface area contributed by atoms with E-state index < -0.39 is 0 Å². The second-order valence-electron chi connectivity index (χ2n) is 7.03. The summed E-state index contributed by atoms with van der Waals surface area (Å²) in [6.45, 7) is 2.24. The number of carbonyl (C=O) groups is 1. The molecule has 3 unspecified atom stereocenters. The Morgan fingerprint density at radius 2 is 2.00 bits per heavy atom. The molecule has 5 atom stereocenters. The summed E-state index contributed by atoms with van der Waals surface area (Å²) in [5, 5.41) is 3.99. The summed E-state index contributed by atoms with van der Waals surface area (Å²) in [4.78, 5) is 12.4. The standard InChI is InChI=1S/C18H25ClN2O.ClH/c1-11-9-15(11)18(12-5-7-14(19)8-6-12)21-17(22)10-13-3-2-4-16(13)20;/h5-8,11,13,15-16,18H,2-4,9-10,20H2,1H3,(H,21,22);1H/t11?,13-,15?,16+,18?;/m0./s1. The van der Waals surface area contributed by atoms with Gasteiger partial charge in [0.05, 0.1) is 6.04 Å². The summed E-state index contributed by atoms with van der Waals surface area (Å²) < 4.78 is 0. The first-order chi connectivity index (χ1) is 10.5. The highest BCUT2D eigenvalue weighted by Crippen LogP contribution is 2.47. The van der Waals surface area contributed by atoms with E-state index in [2.05, 4.69) is 12.2 Å². The molecule has 0 aromatic heterocycles. The van der Waals surface area contributed by atoms with Gasteiger partial charge in [-0.1, -0.05) is 37.1 Å². The number of rotatable bonds is 5. The van der Waals surface area contributed by atoms with Crippen molar-refractivity contribution in [1.29, 1.82) is 0 Å².